The Morgan fingerprint density at radius 1 is 1.00 bits per heavy atom. The maximum atomic E-state index is 3.62. The van der Waals surface area contributed by atoms with E-state index < -0.39 is 0 Å². The van der Waals surface area contributed by atoms with E-state index in [-0.39, 0.29) is 0 Å². The van der Waals surface area contributed by atoms with Gasteiger partial charge < -0.3 is 5.32 Å². The summed E-state index contributed by atoms with van der Waals surface area (Å²) in [6.07, 6.45) is 12.5. The fourth-order valence-electron chi connectivity index (χ4n) is 2.59. The van der Waals surface area contributed by atoms with Gasteiger partial charge in [-0.1, -0.05) is 65.2 Å². The van der Waals surface area contributed by atoms with Gasteiger partial charge in [0.2, 0.25) is 0 Å². The van der Waals surface area contributed by atoms with Gasteiger partial charge in [-0.2, -0.15) is 0 Å². The van der Waals surface area contributed by atoms with Crippen molar-refractivity contribution < 1.29 is 0 Å². The lowest BCUT2D eigenvalue weighted by Crippen LogP contribution is -2.19. The van der Waals surface area contributed by atoms with Gasteiger partial charge in [0.15, 0.2) is 0 Å². The van der Waals surface area contributed by atoms with Crippen molar-refractivity contribution in [2.75, 3.05) is 6.54 Å². The van der Waals surface area contributed by atoms with Crippen LogP contribution in [0, 0.1) is 0 Å². The van der Waals surface area contributed by atoms with E-state index in [1.807, 2.05) is 11.3 Å². The van der Waals surface area contributed by atoms with E-state index >= 15 is 0 Å². The molecule has 0 amide bonds. The molecule has 20 heavy (non-hydrogen) atoms. The summed E-state index contributed by atoms with van der Waals surface area (Å²) >= 11 is 5.43. The van der Waals surface area contributed by atoms with Crippen molar-refractivity contribution in [2.24, 2.45) is 0 Å². The zero-order valence-corrected chi connectivity index (χ0v) is 15.5. The zero-order valence-electron chi connectivity index (χ0n) is 13.1. The van der Waals surface area contributed by atoms with Crippen molar-refractivity contribution in [3.05, 3.63) is 20.8 Å². The van der Waals surface area contributed by atoms with Crippen LogP contribution in [0.3, 0.4) is 0 Å². The first-order valence-corrected chi connectivity index (χ1v) is 9.87. The summed E-state index contributed by atoms with van der Waals surface area (Å²) in [6, 6.07) is 4.97. The molecule has 0 bridgehead atoms. The molecular weight excluding hydrogens is 330 g/mol. The van der Waals surface area contributed by atoms with Crippen LogP contribution >= 0.6 is 27.3 Å². The Morgan fingerprint density at radius 2 is 1.65 bits per heavy atom. The molecule has 0 aromatic carbocycles. The maximum Gasteiger partial charge on any atom is 0.0701 e. The van der Waals surface area contributed by atoms with Gasteiger partial charge in [0.25, 0.3) is 0 Å². The highest BCUT2D eigenvalue weighted by Gasteiger charge is 2.11. The molecule has 1 aromatic rings. The van der Waals surface area contributed by atoms with Crippen molar-refractivity contribution >= 4 is 27.3 Å². The molecule has 0 spiro atoms. The molecule has 1 rings (SSSR count). The van der Waals surface area contributed by atoms with E-state index in [2.05, 4.69) is 47.2 Å². The lowest BCUT2D eigenvalue weighted by Gasteiger charge is -2.16. The van der Waals surface area contributed by atoms with E-state index in [1.165, 1.54) is 66.5 Å². The molecule has 1 atom stereocenters. The quantitative estimate of drug-likeness (QED) is 0.409. The number of halogens is 1. The van der Waals surface area contributed by atoms with E-state index in [0.717, 1.165) is 6.54 Å². The number of nitrogens with one attached hydrogen (secondary N) is 1. The third-order valence-corrected chi connectivity index (χ3v) is 5.47. The molecule has 116 valence electrons. The predicted molar refractivity (Wildman–Crippen MR) is 95.7 cm³/mol. The SMILES string of the molecule is CCCCCCCCCCC(NCC)c1ccc(Br)s1. The van der Waals surface area contributed by atoms with Crippen LogP contribution in [0.25, 0.3) is 0 Å². The van der Waals surface area contributed by atoms with Crippen LogP contribution in [-0.2, 0) is 0 Å². The van der Waals surface area contributed by atoms with Crippen LogP contribution in [0.5, 0.6) is 0 Å². The predicted octanol–water partition coefficient (Wildman–Crippen LogP) is 6.69. The van der Waals surface area contributed by atoms with Gasteiger partial charge in [0.05, 0.1) is 3.79 Å². The van der Waals surface area contributed by atoms with Crippen LogP contribution < -0.4 is 5.32 Å². The third-order valence-electron chi connectivity index (χ3n) is 3.73. The molecule has 1 nitrogen and oxygen atoms in total. The van der Waals surface area contributed by atoms with Gasteiger partial charge in [0.1, 0.15) is 0 Å². The highest BCUT2D eigenvalue weighted by Crippen LogP contribution is 2.30. The van der Waals surface area contributed by atoms with Crippen molar-refractivity contribution in [1.82, 2.24) is 5.32 Å². The van der Waals surface area contributed by atoms with Crippen LogP contribution in [-0.4, -0.2) is 6.54 Å². The normalized spacial score (nSPS) is 12.8. The summed E-state index contributed by atoms with van der Waals surface area (Å²) in [5.74, 6) is 0. The highest BCUT2D eigenvalue weighted by atomic mass is 79.9. The summed E-state index contributed by atoms with van der Waals surface area (Å²) < 4.78 is 1.24. The second-order valence-corrected chi connectivity index (χ2v) is 8.01. The molecule has 0 fully saturated rings. The number of hydrogen-bond acceptors (Lipinski definition) is 2. The second kappa shape index (κ2) is 11.8. The molecule has 0 aliphatic carbocycles. The Kier molecular flexibility index (Phi) is 10.7. The Balaban J connectivity index is 2.14. The molecular formula is C17H30BrNS. The molecule has 0 saturated heterocycles. The van der Waals surface area contributed by atoms with Gasteiger partial charge in [0, 0.05) is 10.9 Å². The van der Waals surface area contributed by atoms with E-state index in [1.54, 1.807) is 0 Å². The fourth-order valence-corrected chi connectivity index (χ4v) is 4.12. The lowest BCUT2D eigenvalue weighted by atomic mass is 10.0. The lowest BCUT2D eigenvalue weighted by molar-refractivity contribution is 0.480. The average Bonchev–Trinajstić information content (AvgIpc) is 2.87. The summed E-state index contributed by atoms with van der Waals surface area (Å²) in [5, 5.41) is 3.62. The first kappa shape index (κ1) is 18.2. The molecule has 1 aromatic heterocycles. The minimum absolute atomic E-state index is 0.552. The molecule has 0 saturated carbocycles. The van der Waals surface area contributed by atoms with Crippen molar-refractivity contribution in [3.63, 3.8) is 0 Å². The van der Waals surface area contributed by atoms with E-state index in [0.29, 0.717) is 6.04 Å². The number of hydrogen-bond donors (Lipinski definition) is 1. The maximum absolute atomic E-state index is 3.62. The highest BCUT2D eigenvalue weighted by molar-refractivity contribution is 9.11. The largest absolute Gasteiger partial charge is 0.310 e. The average molecular weight is 360 g/mol. The van der Waals surface area contributed by atoms with Gasteiger partial charge in [-0.25, -0.2) is 0 Å². The monoisotopic (exact) mass is 359 g/mol. The van der Waals surface area contributed by atoms with E-state index in [4.69, 9.17) is 0 Å². The van der Waals surface area contributed by atoms with Crippen molar-refractivity contribution in [1.29, 1.82) is 0 Å². The van der Waals surface area contributed by atoms with Crippen molar-refractivity contribution in [3.8, 4) is 0 Å². The fraction of sp³-hybridized carbons (Fsp3) is 0.765. The number of rotatable bonds is 12. The zero-order chi connectivity index (χ0) is 14.6. The molecule has 0 aliphatic rings. The Hall–Kier alpha value is 0.140. The minimum Gasteiger partial charge on any atom is -0.310 e. The summed E-state index contributed by atoms with van der Waals surface area (Å²) in [7, 11) is 0. The minimum atomic E-state index is 0.552. The topological polar surface area (TPSA) is 12.0 Å². The molecule has 1 N–H and O–H groups in total. The van der Waals surface area contributed by atoms with Gasteiger partial charge in [-0.15, -0.1) is 11.3 Å². The second-order valence-electron chi connectivity index (χ2n) is 5.52. The smallest absolute Gasteiger partial charge is 0.0701 e. The van der Waals surface area contributed by atoms with Gasteiger partial charge >= 0.3 is 0 Å². The number of thiophene rings is 1. The summed E-state index contributed by atoms with van der Waals surface area (Å²) in [5.41, 5.74) is 0. The molecule has 3 heteroatoms. The van der Waals surface area contributed by atoms with E-state index in [9.17, 15) is 0 Å². The standard InChI is InChI=1S/C17H30BrNS/c1-3-5-6-7-8-9-10-11-12-15(19-4-2)16-13-14-17(18)20-16/h13-15,19H,3-12H2,1-2H3. The molecule has 1 heterocycles. The Bertz CT molecular complexity index is 337. The number of unbranched alkanes of at least 4 members (excludes halogenated alkanes) is 7. The first-order valence-electron chi connectivity index (χ1n) is 8.26. The molecule has 1 unspecified atom stereocenters. The summed E-state index contributed by atoms with van der Waals surface area (Å²) in [6.45, 7) is 5.53. The van der Waals surface area contributed by atoms with Crippen LogP contribution in [0.15, 0.2) is 15.9 Å². The van der Waals surface area contributed by atoms with Crippen LogP contribution in [0.4, 0.5) is 0 Å². The van der Waals surface area contributed by atoms with Crippen LogP contribution in [0.1, 0.15) is 82.6 Å². The van der Waals surface area contributed by atoms with Gasteiger partial charge in [-0.05, 0) is 41.0 Å². The Labute approximate surface area is 137 Å². The molecule has 0 aliphatic heterocycles. The summed E-state index contributed by atoms with van der Waals surface area (Å²) in [4.78, 5) is 1.47. The molecule has 0 radical (unpaired) electrons. The van der Waals surface area contributed by atoms with Crippen molar-refractivity contribution in [2.45, 2.75) is 77.7 Å². The Morgan fingerprint density at radius 3 is 2.20 bits per heavy atom. The van der Waals surface area contributed by atoms with Crippen LogP contribution in [0.2, 0.25) is 0 Å². The third kappa shape index (κ3) is 7.80. The van der Waals surface area contributed by atoms with Gasteiger partial charge in [-0.3, -0.25) is 0 Å². The first-order chi connectivity index (χ1) is 9.77.